The number of benzene rings is 3. The van der Waals surface area contributed by atoms with Crippen LogP contribution >= 0.6 is 0 Å². The van der Waals surface area contributed by atoms with Crippen molar-refractivity contribution in [3.63, 3.8) is 0 Å². The Hall–Kier alpha value is -3.70. The molecule has 0 amide bonds. The molecule has 0 N–H and O–H groups in total. The Kier molecular flexibility index (Phi) is 12.0. The van der Waals surface area contributed by atoms with Crippen LogP contribution in [0.4, 0.5) is 0 Å². The number of esters is 2. The molecule has 0 atom stereocenters. The Morgan fingerprint density at radius 2 is 0.700 bits per heavy atom. The van der Waals surface area contributed by atoms with Crippen molar-refractivity contribution < 1.29 is 47.5 Å². The van der Waals surface area contributed by atoms with Crippen LogP contribution in [-0.4, -0.2) is 91.2 Å². The minimum atomic E-state index is -0.501. The first-order valence-corrected chi connectivity index (χ1v) is 13.2. The number of fused-ring (bicyclic) bond motifs is 22. The molecule has 0 radical (unpaired) electrons. The number of hydrogen-bond acceptors (Lipinski definition) is 10. The highest BCUT2D eigenvalue weighted by molar-refractivity contribution is 5.94. The number of rotatable bonds is 0. The topological polar surface area (TPSA) is 108 Å². The van der Waals surface area contributed by atoms with Crippen LogP contribution < -0.4 is 9.47 Å². The fourth-order valence-electron chi connectivity index (χ4n) is 3.86. The van der Waals surface area contributed by atoms with Gasteiger partial charge in [0.25, 0.3) is 0 Å². The highest BCUT2D eigenvalue weighted by Gasteiger charge is 2.11. The van der Waals surface area contributed by atoms with Gasteiger partial charge in [-0.15, -0.1) is 0 Å². The summed E-state index contributed by atoms with van der Waals surface area (Å²) in [7, 11) is 0. The van der Waals surface area contributed by atoms with Crippen molar-refractivity contribution in [3.8, 4) is 11.5 Å². The average molecular weight is 555 g/mol. The minimum Gasteiger partial charge on any atom is -0.491 e. The maximum atomic E-state index is 12.2. The van der Waals surface area contributed by atoms with E-state index in [0.717, 1.165) is 22.3 Å². The van der Waals surface area contributed by atoms with E-state index in [1.807, 2.05) is 36.4 Å². The highest BCUT2D eigenvalue weighted by Crippen LogP contribution is 2.32. The molecule has 6 bridgehead atoms. The first-order chi connectivity index (χ1) is 19.7. The fourth-order valence-corrected chi connectivity index (χ4v) is 3.86. The molecular weight excluding hydrogens is 520 g/mol. The maximum Gasteiger partial charge on any atom is 0.338 e. The molecule has 0 aliphatic carbocycles. The second kappa shape index (κ2) is 16.4. The first kappa shape index (κ1) is 29.3. The van der Waals surface area contributed by atoms with Crippen molar-refractivity contribution in [1.82, 2.24) is 0 Å². The maximum absolute atomic E-state index is 12.2. The lowest BCUT2D eigenvalue weighted by atomic mass is 10.1. The molecule has 3 aromatic rings. The van der Waals surface area contributed by atoms with Crippen LogP contribution in [-0.2, 0) is 28.4 Å². The smallest absolute Gasteiger partial charge is 0.338 e. The molecule has 2 aliphatic heterocycles. The number of hydrogen-bond donors (Lipinski definition) is 0. The van der Waals surface area contributed by atoms with E-state index in [0.29, 0.717) is 64.0 Å². The van der Waals surface area contributed by atoms with E-state index < -0.39 is 11.9 Å². The van der Waals surface area contributed by atoms with E-state index >= 15 is 0 Å². The largest absolute Gasteiger partial charge is 0.491 e. The Labute approximate surface area is 233 Å². The third-order valence-corrected chi connectivity index (χ3v) is 5.83. The fraction of sp³-hybridized carbons (Fsp3) is 0.400. The predicted octanol–water partition coefficient (Wildman–Crippen LogP) is 3.69. The molecule has 2 aliphatic rings. The van der Waals surface area contributed by atoms with Gasteiger partial charge in [-0.3, -0.25) is 0 Å². The van der Waals surface area contributed by atoms with Crippen molar-refractivity contribution in [1.29, 1.82) is 0 Å². The normalized spacial score (nSPS) is 17.8. The number of ether oxygens (including phenoxy) is 8. The van der Waals surface area contributed by atoms with Gasteiger partial charge in [-0.05, 0) is 36.4 Å². The Balaban J connectivity index is 1.29. The van der Waals surface area contributed by atoms with Gasteiger partial charge in [-0.1, -0.05) is 24.3 Å². The number of carbonyl (C=O) groups excluding carboxylic acids is 2. The van der Waals surface area contributed by atoms with E-state index in [4.69, 9.17) is 37.9 Å². The monoisotopic (exact) mass is 554 g/mol. The van der Waals surface area contributed by atoms with Gasteiger partial charge in [-0.2, -0.15) is 0 Å². The minimum absolute atomic E-state index is 0.101. The summed E-state index contributed by atoms with van der Waals surface area (Å²) in [6.45, 7) is 3.74. The van der Waals surface area contributed by atoms with Crippen LogP contribution in [0.2, 0.25) is 0 Å². The van der Waals surface area contributed by atoms with E-state index in [9.17, 15) is 9.59 Å². The molecule has 0 fully saturated rings. The Bertz CT molecular complexity index is 1120. The summed E-state index contributed by atoms with van der Waals surface area (Å²) in [5.41, 5.74) is 0.659. The summed E-state index contributed by atoms with van der Waals surface area (Å²) in [4.78, 5) is 24.4. The van der Waals surface area contributed by atoms with Gasteiger partial charge >= 0.3 is 11.9 Å². The second-order valence-electron chi connectivity index (χ2n) is 8.60. The molecule has 40 heavy (non-hydrogen) atoms. The molecule has 5 rings (SSSR count). The molecule has 0 saturated carbocycles. The zero-order valence-corrected chi connectivity index (χ0v) is 22.3. The summed E-state index contributed by atoms with van der Waals surface area (Å²) in [5.74, 6) is 0.495. The molecule has 2 heterocycles. The van der Waals surface area contributed by atoms with Gasteiger partial charge in [-0.25, -0.2) is 9.59 Å². The summed E-state index contributed by atoms with van der Waals surface area (Å²) in [5, 5.41) is 1.90. The van der Waals surface area contributed by atoms with Gasteiger partial charge in [0.2, 0.25) is 0 Å². The zero-order valence-electron chi connectivity index (χ0n) is 22.3. The van der Waals surface area contributed by atoms with Crippen LogP contribution in [0.3, 0.4) is 0 Å². The van der Waals surface area contributed by atoms with E-state index in [1.54, 1.807) is 0 Å². The average Bonchev–Trinajstić information content (AvgIpc) is 2.98. The van der Waals surface area contributed by atoms with Gasteiger partial charge in [0.15, 0.2) is 0 Å². The van der Waals surface area contributed by atoms with Crippen LogP contribution in [0.5, 0.6) is 11.5 Å². The SMILES string of the molecule is O=C1OCCOCCOCCOc2cccc3c(cccc23)OCCOCCOCCOC(=O)c2ccc1cc2. The molecule has 0 unspecified atom stereocenters. The van der Waals surface area contributed by atoms with Crippen molar-refractivity contribution in [2.24, 2.45) is 0 Å². The molecule has 214 valence electrons. The van der Waals surface area contributed by atoms with Gasteiger partial charge in [0.05, 0.1) is 64.0 Å². The van der Waals surface area contributed by atoms with Crippen LogP contribution in [0.15, 0.2) is 60.7 Å². The lowest BCUT2D eigenvalue weighted by molar-refractivity contribution is 0.0101. The van der Waals surface area contributed by atoms with E-state index in [-0.39, 0.29) is 26.4 Å². The summed E-state index contributed by atoms with van der Waals surface area (Å²) >= 11 is 0. The predicted molar refractivity (Wildman–Crippen MR) is 145 cm³/mol. The van der Waals surface area contributed by atoms with Gasteiger partial charge < -0.3 is 37.9 Å². The Morgan fingerprint density at radius 3 is 1.07 bits per heavy atom. The third-order valence-electron chi connectivity index (χ3n) is 5.83. The molecule has 10 heteroatoms. The lowest BCUT2D eigenvalue weighted by Crippen LogP contribution is -2.15. The van der Waals surface area contributed by atoms with Crippen LogP contribution in [0.1, 0.15) is 20.7 Å². The van der Waals surface area contributed by atoms with Gasteiger partial charge in [0, 0.05) is 10.8 Å². The molecular formula is C30H34O10. The molecule has 0 saturated heterocycles. The molecule has 0 aromatic heterocycles. The van der Waals surface area contributed by atoms with Crippen molar-refractivity contribution in [2.75, 3.05) is 79.3 Å². The molecule has 10 nitrogen and oxygen atoms in total. The number of carbonyl (C=O) groups is 2. The van der Waals surface area contributed by atoms with Crippen LogP contribution in [0, 0.1) is 0 Å². The molecule has 3 aromatic carbocycles. The lowest BCUT2D eigenvalue weighted by Gasteiger charge is -2.13. The van der Waals surface area contributed by atoms with E-state index in [1.165, 1.54) is 24.3 Å². The van der Waals surface area contributed by atoms with Crippen molar-refractivity contribution >= 4 is 22.7 Å². The summed E-state index contributed by atoms with van der Waals surface area (Å²) in [6, 6.07) is 17.7. The quantitative estimate of drug-likeness (QED) is 0.302. The summed E-state index contributed by atoms with van der Waals surface area (Å²) in [6.07, 6.45) is 0. The highest BCUT2D eigenvalue weighted by atomic mass is 16.6. The second-order valence-corrected chi connectivity index (χ2v) is 8.60. The van der Waals surface area contributed by atoms with Crippen molar-refractivity contribution in [2.45, 2.75) is 0 Å². The zero-order chi connectivity index (χ0) is 27.8. The van der Waals surface area contributed by atoms with Crippen molar-refractivity contribution in [3.05, 3.63) is 71.8 Å². The standard InChI is InChI=1S/C30H34O10/c31-29-23-7-9-24(10-8-23)30(32)40-22-18-36-14-12-34-16-20-38-28-6-2-4-26-25(28)3-1-5-27(26)37-19-15-33-11-13-35-17-21-39-29/h1-10H,11-22H2. The molecule has 0 spiro atoms. The Morgan fingerprint density at radius 1 is 0.375 bits per heavy atom. The summed E-state index contributed by atoms with van der Waals surface area (Å²) < 4.78 is 44.4. The third kappa shape index (κ3) is 9.20. The van der Waals surface area contributed by atoms with Crippen LogP contribution in [0.25, 0.3) is 10.8 Å². The van der Waals surface area contributed by atoms with E-state index in [2.05, 4.69) is 0 Å². The van der Waals surface area contributed by atoms with Gasteiger partial charge in [0.1, 0.15) is 37.9 Å². The first-order valence-electron chi connectivity index (χ1n) is 13.2.